The van der Waals surface area contributed by atoms with Crippen LogP contribution < -0.4 is 10.0 Å². The minimum Gasteiger partial charge on any atom is -0.310 e. The molecule has 0 aromatic heterocycles. The molecule has 0 atom stereocenters. The van der Waals surface area contributed by atoms with Crippen molar-refractivity contribution < 1.29 is 8.42 Å². The summed E-state index contributed by atoms with van der Waals surface area (Å²) in [6.07, 6.45) is 4.42. The zero-order chi connectivity index (χ0) is 14.6. The highest BCUT2D eigenvalue weighted by Gasteiger charge is 2.21. The van der Waals surface area contributed by atoms with Crippen molar-refractivity contribution in [3.8, 4) is 0 Å². The topological polar surface area (TPSA) is 58.2 Å². The Balaban J connectivity index is 2.08. The van der Waals surface area contributed by atoms with Crippen molar-refractivity contribution in [3.63, 3.8) is 0 Å². The second kappa shape index (κ2) is 6.93. The highest BCUT2D eigenvalue weighted by Crippen LogP contribution is 2.21. The molecule has 2 rings (SSSR count). The zero-order valence-corrected chi connectivity index (χ0v) is 13.6. The number of sulfonamides is 1. The van der Waals surface area contributed by atoms with E-state index in [-0.39, 0.29) is 0 Å². The fourth-order valence-corrected chi connectivity index (χ4v) is 3.43. The van der Waals surface area contributed by atoms with Crippen LogP contribution in [0, 0.1) is 6.92 Å². The summed E-state index contributed by atoms with van der Waals surface area (Å²) in [7, 11) is -3.39. The molecular weight excluding hydrogens is 292 g/mol. The summed E-state index contributed by atoms with van der Waals surface area (Å²) < 4.78 is 27.0. The van der Waals surface area contributed by atoms with Crippen LogP contribution in [0.5, 0.6) is 0 Å². The molecule has 2 N–H and O–H groups in total. The monoisotopic (exact) mass is 314 g/mol. The molecule has 1 fully saturated rings. The van der Waals surface area contributed by atoms with Gasteiger partial charge in [-0.3, -0.25) is 0 Å². The molecular formula is C14H22N2O2S2. The molecule has 1 saturated carbocycles. The van der Waals surface area contributed by atoms with Crippen molar-refractivity contribution in [2.75, 3.05) is 18.6 Å². The molecule has 0 radical (unpaired) electrons. The SMILES string of the molecule is CSCCNS(=O)(=O)c1ccc(C)c(CNC2CC2)c1. The molecule has 20 heavy (non-hydrogen) atoms. The maximum absolute atomic E-state index is 12.2. The molecule has 1 aromatic carbocycles. The van der Waals surface area contributed by atoms with Crippen LogP contribution in [0.3, 0.4) is 0 Å². The Morgan fingerprint density at radius 2 is 2.10 bits per heavy atom. The summed E-state index contributed by atoms with van der Waals surface area (Å²) in [6.45, 7) is 3.22. The second-order valence-electron chi connectivity index (χ2n) is 5.13. The molecule has 1 aliphatic rings. The Morgan fingerprint density at radius 3 is 2.75 bits per heavy atom. The predicted molar refractivity (Wildman–Crippen MR) is 84.6 cm³/mol. The van der Waals surface area contributed by atoms with Gasteiger partial charge in [-0.2, -0.15) is 11.8 Å². The number of aryl methyl sites for hydroxylation is 1. The molecule has 0 saturated heterocycles. The van der Waals surface area contributed by atoms with E-state index in [4.69, 9.17) is 0 Å². The molecule has 0 bridgehead atoms. The Hall–Kier alpha value is -0.560. The smallest absolute Gasteiger partial charge is 0.240 e. The maximum Gasteiger partial charge on any atom is 0.240 e. The van der Waals surface area contributed by atoms with E-state index in [1.54, 1.807) is 23.9 Å². The standard InChI is InChI=1S/C14H22N2O2S2/c1-11-3-6-14(20(17,18)16-7-8-19-2)9-12(11)10-15-13-4-5-13/h3,6,9,13,15-16H,4-5,7-8,10H2,1-2H3. The first-order valence-electron chi connectivity index (χ1n) is 6.84. The Bertz CT molecular complexity index is 554. The number of hydrogen-bond acceptors (Lipinski definition) is 4. The van der Waals surface area contributed by atoms with Crippen molar-refractivity contribution >= 4 is 21.8 Å². The van der Waals surface area contributed by atoms with E-state index >= 15 is 0 Å². The van der Waals surface area contributed by atoms with E-state index in [2.05, 4.69) is 10.0 Å². The van der Waals surface area contributed by atoms with E-state index < -0.39 is 10.0 Å². The lowest BCUT2D eigenvalue weighted by Gasteiger charge is -2.11. The van der Waals surface area contributed by atoms with E-state index in [0.29, 0.717) is 17.5 Å². The fourth-order valence-electron chi connectivity index (χ4n) is 1.91. The van der Waals surface area contributed by atoms with Crippen molar-refractivity contribution in [2.45, 2.75) is 37.2 Å². The zero-order valence-electron chi connectivity index (χ0n) is 12.0. The predicted octanol–water partition coefficient (Wildman–Crippen LogP) is 1.89. The average molecular weight is 314 g/mol. The lowest BCUT2D eigenvalue weighted by atomic mass is 10.1. The molecule has 1 aromatic rings. The van der Waals surface area contributed by atoms with Gasteiger partial charge in [-0.15, -0.1) is 0 Å². The fraction of sp³-hybridized carbons (Fsp3) is 0.571. The van der Waals surface area contributed by atoms with Crippen LogP contribution in [0.4, 0.5) is 0 Å². The number of nitrogens with one attached hydrogen (secondary N) is 2. The maximum atomic E-state index is 12.2. The normalized spacial score (nSPS) is 15.5. The molecule has 0 spiro atoms. The average Bonchev–Trinajstić information content (AvgIpc) is 3.22. The van der Waals surface area contributed by atoms with Gasteiger partial charge in [-0.25, -0.2) is 13.1 Å². The highest BCUT2D eigenvalue weighted by molar-refractivity contribution is 7.98. The van der Waals surface area contributed by atoms with Crippen molar-refractivity contribution in [3.05, 3.63) is 29.3 Å². The number of hydrogen-bond donors (Lipinski definition) is 2. The van der Waals surface area contributed by atoms with Gasteiger partial charge in [0.2, 0.25) is 10.0 Å². The van der Waals surface area contributed by atoms with Crippen LogP contribution >= 0.6 is 11.8 Å². The summed E-state index contributed by atoms with van der Waals surface area (Å²) in [5, 5.41) is 3.43. The highest BCUT2D eigenvalue weighted by atomic mass is 32.2. The van der Waals surface area contributed by atoms with Gasteiger partial charge in [0, 0.05) is 24.9 Å². The van der Waals surface area contributed by atoms with Crippen LogP contribution in [0.15, 0.2) is 23.1 Å². The van der Waals surface area contributed by atoms with Gasteiger partial charge < -0.3 is 5.32 Å². The summed E-state index contributed by atoms with van der Waals surface area (Å²) in [6, 6.07) is 5.96. The Labute approximate surface area is 125 Å². The molecule has 6 heteroatoms. The number of rotatable bonds is 8. The molecule has 4 nitrogen and oxygen atoms in total. The Morgan fingerprint density at radius 1 is 1.35 bits per heavy atom. The first-order chi connectivity index (χ1) is 9.53. The lowest BCUT2D eigenvalue weighted by Crippen LogP contribution is -2.26. The van der Waals surface area contributed by atoms with Gasteiger partial charge in [0.25, 0.3) is 0 Å². The third-order valence-corrected chi connectivity index (χ3v) is 5.46. The molecule has 0 amide bonds. The van der Waals surface area contributed by atoms with Gasteiger partial charge >= 0.3 is 0 Å². The van der Waals surface area contributed by atoms with E-state index in [9.17, 15) is 8.42 Å². The van der Waals surface area contributed by atoms with Gasteiger partial charge in [-0.1, -0.05) is 6.07 Å². The van der Waals surface area contributed by atoms with Gasteiger partial charge in [0.05, 0.1) is 4.90 Å². The number of benzene rings is 1. The lowest BCUT2D eigenvalue weighted by molar-refractivity contribution is 0.584. The Kier molecular flexibility index (Phi) is 5.49. The van der Waals surface area contributed by atoms with Crippen LogP contribution in [-0.4, -0.2) is 33.0 Å². The first-order valence-corrected chi connectivity index (χ1v) is 9.72. The largest absolute Gasteiger partial charge is 0.310 e. The molecule has 0 heterocycles. The first kappa shape index (κ1) is 15.8. The molecule has 0 unspecified atom stereocenters. The number of thioether (sulfide) groups is 1. The minimum absolute atomic E-state index is 0.358. The summed E-state index contributed by atoms with van der Waals surface area (Å²) in [5.74, 6) is 0.779. The molecule has 0 aliphatic heterocycles. The van der Waals surface area contributed by atoms with E-state index in [1.807, 2.05) is 19.2 Å². The molecule has 112 valence electrons. The van der Waals surface area contributed by atoms with Crippen LogP contribution in [0.1, 0.15) is 24.0 Å². The van der Waals surface area contributed by atoms with E-state index in [1.165, 1.54) is 12.8 Å². The van der Waals surface area contributed by atoms with Crippen molar-refractivity contribution in [2.24, 2.45) is 0 Å². The van der Waals surface area contributed by atoms with E-state index in [0.717, 1.165) is 23.4 Å². The van der Waals surface area contributed by atoms with Crippen LogP contribution in [0.2, 0.25) is 0 Å². The molecule has 1 aliphatic carbocycles. The summed E-state index contributed by atoms with van der Waals surface area (Å²) in [5.41, 5.74) is 2.19. The summed E-state index contributed by atoms with van der Waals surface area (Å²) >= 11 is 1.62. The third-order valence-electron chi connectivity index (χ3n) is 3.39. The van der Waals surface area contributed by atoms with Crippen molar-refractivity contribution in [1.29, 1.82) is 0 Å². The quantitative estimate of drug-likeness (QED) is 0.720. The summed E-state index contributed by atoms with van der Waals surface area (Å²) in [4.78, 5) is 0.358. The van der Waals surface area contributed by atoms with Crippen LogP contribution in [0.25, 0.3) is 0 Å². The van der Waals surface area contributed by atoms with Gasteiger partial charge in [-0.05, 0) is 49.3 Å². The van der Waals surface area contributed by atoms with Gasteiger partial charge in [0.15, 0.2) is 0 Å². The van der Waals surface area contributed by atoms with Crippen LogP contribution in [-0.2, 0) is 16.6 Å². The van der Waals surface area contributed by atoms with Gasteiger partial charge in [0.1, 0.15) is 0 Å². The second-order valence-corrected chi connectivity index (χ2v) is 7.89. The third kappa shape index (κ3) is 4.48. The minimum atomic E-state index is -3.39. The van der Waals surface area contributed by atoms with Crippen molar-refractivity contribution in [1.82, 2.24) is 10.0 Å².